The lowest BCUT2D eigenvalue weighted by molar-refractivity contribution is -0.129. The molecule has 3 aromatic rings. The lowest BCUT2D eigenvalue weighted by Crippen LogP contribution is -2.50. The number of aliphatic hydroxyl groups is 2. The van der Waals surface area contributed by atoms with E-state index in [1.807, 2.05) is 24.3 Å². The van der Waals surface area contributed by atoms with Crippen LogP contribution in [0.3, 0.4) is 0 Å². The van der Waals surface area contributed by atoms with E-state index in [1.54, 1.807) is 52.0 Å². The van der Waals surface area contributed by atoms with Crippen LogP contribution in [0.2, 0.25) is 0 Å². The van der Waals surface area contributed by atoms with Gasteiger partial charge in [0.25, 0.3) is 0 Å². The summed E-state index contributed by atoms with van der Waals surface area (Å²) in [6.07, 6.45) is 0. The van der Waals surface area contributed by atoms with Gasteiger partial charge in [0.2, 0.25) is 11.8 Å². The van der Waals surface area contributed by atoms with Gasteiger partial charge in [-0.05, 0) is 45.4 Å². The SMILES string of the molecule is CC(C)(O)CNC(=O)NC(=O)C(C)(C)[C@@H]1c2ccc(-c3ccc(C(C)(C)O)cc3)nc2Oc2c(F)cccc21. The number of para-hydroxylation sites is 1. The molecule has 0 spiro atoms. The Bertz CT molecular complexity index is 1410. The molecule has 1 aliphatic rings. The molecule has 0 saturated carbocycles. The van der Waals surface area contributed by atoms with Gasteiger partial charge in [0.1, 0.15) is 0 Å². The molecule has 0 aliphatic carbocycles. The summed E-state index contributed by atoms with van der Waals surface area (Å²) in [6.45, 7) is 9.76. The Morgan fingerprint density at radius 1 is 0.949 bits per heavy atom. The topological polar surface area (TPSA) is 121 Å². The summed E-state index contributed by atoms with van der Waals surface area (Å²) >= 11 is 0. The summed E-state index contributed by atoms with van der Waals surface area (Å²) < 4.78 is 20.9. The van der Waals surface area contributed by atoms with Crippen LogP contribution in [-0.4, -0.2) is 39.3 Å². The highest BCUT2D eigenvalue weighted by molar-refractivity contribution is 5.98. The van der Waals surface area contributed by atoms with Crippen molar-refractivity contribution in [2.45, 2.75) is 58.7 Å². The molecular formula is C30H34FN3O5. The number of benzene rings is 2. The number of carbonyl (C=O) groups is 2. The Labute approximate surface area is 227 Å². The van der Waals surface area contributed by atoms with E-state index in [9.17, 15) is 24.2 Å². The number of halogens is 1. The van der Waals surface area contributed by atoms with Crippen LogP contribution in [0, 0.1) is 11.2 Å². The van der Waals surface area contributed by atoms with E-state index in [-0.39, 0.29) is 18.2 Å². The summed E-state index contributed by atoms with van der Waals surface area (Å²) in [7, 11) is 0. The predicted molar refractivity (Wildman–Crippen MR) is 145 cm³/mol. The molecule has 1 aliphatic heterocycles. The van der Waals surface area contributed by atoms with Gasteiger partial charge in [-0.25, -0.2) is 14.2 Å². The predicted octanol–water partition coefficient (Wildman–Crippen LogP) is 4.98. The first kappa shape index (κ1) is 28.2. The van der Waals surface area contributed by atoms with Crippen LogP contribution in [-0.2, 0) is 10.4 Å². The smallest absolute Gasteiger partial charge is 0.321 e. The van der Waals surface area contributed by atoms with Crippen molar-refractivity contribution in [3.63, 3.8) is 0 Å². The van der Waals surface area contributed by atoms with Crippen LogP contribution in [0.1, 0.15) is 64.2 Å². The first-order chi connectivity index (χ1) is 18.1. The highest BCUT2D eigenvalue weighted by Crippen LogP contribution is 2.52. The minimum atomic E-state index is -1.23. The molecular weight excluding hydrogens is 501 g/mol. The van der Waals surface area contributed by atoms with E-state index in [1.165, 1.54) is 19.9 Å². The molecule has 0 unspecified atom stereocenters. The molecule has 0 saturated heterocycles. The van der Waals surface area contributed by atoms with E-state index in [0.29, 0.717) is 16.8 Å². The number of pyridine rings is 1. The second-order valence-corrected chi connectivity index (χ2v) is 11.6. The molecule has 8 nitrogen and oxygen atoms in total. The summed E-state index contributed by atoms with van der Waals surface area (Å²) in [5.74, 6) is -1.73. The standard InChI is InChI=1S/C30H34FN3O5/c1-28(2,37)16-32-27(36)34-26(35)29(3,4)23-19-8-7-9-21(31)24(19)39-25-20(23)14-15-22(33-25)17-10-12-18(13-11-17)30(5,6)38/h7-15,23,37-38H,16H2,1-6H3,(H2,32,34,35,36)/t23-/m0/s1. The fourth-order valence-electron chi connectivity index (χ4n) is 4.60. The number of fused-ring (bicyclic) bond motifs is 2. The summed E-state index contributed by atoms with van der Waals surface area (Å²) in [6, 6.07) is 14.6. The quantitative estimate of drug-likeness (QED) is 0.354. The maximum absolute atomic E-state index is 15.0. The van der Waals surface area contributed by atoms with Crippen molar-refractivity contribution in [3.05, 3.63) is 77.1 Å². The monoisotopic (exact) mass is 535 g/mol. The third-order valence-corrected chi connectivity index (χ3v) is 6.81. The number of hydrogen-bond donors (Lipinski definition) is 4. The van der Waals surface area contributed by atoms with Gasteiger partial charge < -0.3 is 20.3 Å². The number of hydrogen-bond acceptors (Lipinski definition) is 6. The van der Waals surface area contributed by atoms with E-state index in [4.69, 9.17) is 4.74 Å². The second-order valence-electron chi connectivity index (χ2n) is 11.6. The van der Waals surface area contributed by atoms with E-state index in [0.717, 1.165) is 11.1 Å². The van der Waals surface area contributed by atoms with Crippen molar-refractivity contribution in [3.8, 4) is 22.9 Å². The van der Waals surface area contributed by atoms with Gasteiger partial charge in [-0.2, -0.15) is 0 Å². The van der Waals surface area contributed by atoms with Crippen molar-refractivity contribution in [1.29, 1.82) is 0 Å². The number of amides is 3. The summed E-state index contributed by atoms with van der Waals surface area (Å²) in [4.78, 5) is 30.5. The van der Waals surface area contributed by atoms with Crippen LogP contribution in [0.25, 0.3) is 11.3 Å². The van der Waals surface area contributed by atoms with Crippen molar-refractivity contribution < 1.29 is 28.9 Å². The third kappa shape index (κ3) is 5.94. The fourth-order valence-corrected chi connectivity index (χ4v) is 4.60. The number of imide groups is 1. The third-order valence-electron chi connectivity index (χ3n) is 6.81. The van der Waals surface area contributed by atoms with Gasteiger partial charge in [-0.3, -0.25) is 10.1 Å². The highest BCUT2D eigenvalue weighted by Gasteiger charge is 2.45. The molecule has 206 valence electrons. The second kappa shape index (κ2) is 10.1. The Balaban J connectivity index is 1.71. The zero-order chi connectivity index (χ0) is 28.8. The number of rotatable bonds is 6. The van der Waals surface area contributed by atoms with E-state index < -0.39 is 40.3 Å². The van der Waals surface area contributed by atoms with Crippen molar-refractivity contribution in [2.75, 3.05) is 6.54 Å². The lowest BCUT2D eigenvalue weighted by atomic mass is 9.69. The van der Waals surface area contributed by atoms with E-state index in [2.05, 4.69) is 15.6 Å². The average Bonchev–Trinajstić information content (AvgIpc) is 2.85. The number of carbonyl (C=O) groups excluding carboxylic acids is 2. The molecule has 3 amide bonds. The Hall–Kier alpha value is -3.82. The number of nitrogens with one attached hydrogen (secondary N) is 2. The molecule has 9 heteroatoms. The fraction of sp³-hybridized carbons (Fsp3) is 0.367. The summed E-state index contributed by atoms with van der Waals surface area (Å²) in [5, 5.41) is 25.0. The van der Waals surface area contributed by atoms with Crippen molar-refractivity contribution in [2.24, 2.45) is 5.41 Å². The average molecular weight is 536 g/mol. The molecule has 4 N–H and O–H groups in total. The maximum atomic E-state index is 15.0. The summed E-state index contributed by atoms with van der Waals surface area (Å²) in [5.41, 5.74) is -0.249. The molecule has 1 atom stereocenters. The van der Waals surface area contributed by atoms with Gasteiger partial charge in [-0.15, -0.1) is 0 Å². The van der Waals surface area contributed by atoms with Crippen LogP contribution in [0.15, 0.2) is 54.6 Å². The molecule has 2 heterocycles. The minimum absolute atomic E-state index is 0.0237. The van der Waals surface area contributed by atoms with E-state index >= 15 is 0 Å². The van der Waals surface area contributed by atoms with Gasteiger partial charge in [-0.1, -0.05) is 56.3 Å². The van der Waals surface area contributed by atoms with Crippen LogP contribution in [0.4, 0.5) is 9.18 Å². The molecule has 39 heavy (non-hydrogen) atoms. The van der Waals surface area contributed by atoms with Gasteiger partial charge in [0.15, 0.2) is 11.6 Å². The molecule has 0 bridgehead atoms. The van der Waals surface area contributed by atoms with Gasteiger partial charge in [0, 0.05) is 29.2 Å². The molecule has 2 aromatic carbocycles. The lowest BCUT2D eigenvalue weighted by Gasteiger charge is -2.37. The first-order valence-corrected chi connectivity index (χ1v) is 12.7. The van der Waals surface area contributed by atoms with Crippen LogP contribution in [0.5, 0.6) is 11.6 Å². The maximum Gasteiger partial charge on any atom is 0.321 e. The molecule has 0 fully saturated rings. The number of nitrogens with zero attached hydrogens (tertiary/aromatic N) is 1. The zero-order valence-electron chi connectivity index (χ0n) is 22.9. The number of urea groups is 1. The van der Waals surface area contributed by atoms with Gasteiger partial charge >= 0.3 is 6.03 Å². The number of aromatic nitrogens is 1. The zero-order valence-corrected chi connectivity index (χ0v) is 22.9. The Morgan fingerprint density at radius 3 is 2.23 bits per heavy atom. The molecule has 4 rings (SSSR count). The molecule has 1 aromatic heterocycles. The van der Waals surface area contributed by atoms with Gasteiger partial charge in [0.05, 0.1) is 22.3 Å². The largest absolute Gasteiger partial charge is 0.435 e. The van der Waals surface area contributed by atoms with Crippen LogP contribution >= 0.6 is 0 Å². The van der Waals surface area contributed by atoms with Crippen LogP contribution < -0.4 is 15.4 Å². The Kier molecular flexibility index (Phi) is 7.27. The van der Waals surface area contributed by atoms with Crippen molar-refractivity contribution >= 4 is 11.9 Å². The van der Waals surface area contributed by atoms with Crippen molar-refractivity contribution in [1.82, 2.24) is 15.6 Å². The first-order valence-electron chi connectivity index (χ1n) is 12.7. The Morgan fingerprint density at radius 2 is 1.62 bits per heavy atom. The normalized spacial score (nSPS) is 15.1. The highest BCUT2D eigenvalue weighted by atomic mass is 19.1. The number of ether oxygens (including phenoxy) is 1. The molecule has 0 radical (unpaired) electrons. The minimum Gasteiger partial charge on any atom is -0.435 e.